The molecule has 0 aliphatic heterocycles. The summed E-state index contributed by atoms with van der Waals surface area (Å²) >= 11 is 0. The third kappa shape index (κ3) is 51.4. The lowest BCUT2D eigenvalue weighted by Gasteiger charge is -2.20. The van der Waals surface area contributed by atoms with E-state index in [1.54, 1.807) is 0 Å². The molecule has 64 heavy (non-hydrogen) atoms. The molecule has 0 aliphatic rings. The fourth-order valence-corrected chi connectivity index (χ4v) is 8.58. The number of esters is 1. The summed E-state index contributed by atoms with van der Waals surface area (Å²) in [4.78, 5) is 22.6. The van der Waals surface area contributed by atoms with E-state index in [0.717, 1.165) is 64.2 Å². The molecule has 0 saturated carbocycles. The van der Waals surface area contributed by atoms with E-state index in [-0.39, 0.29) is 32.3 Å². The minimum atomic E-state index is -4.29. The first-order valence-electron chi connectivity index (χ1n) is 27.1. The molecule has 0 radical (unpaired) electrons. The van der Waals surface area contributed by atoms with Gasteiger partial charge in [0.15, 0.2) is 0 Å². The zero-order valence-electron chi connectivity index (χ0n) is 42.0. The fourth-order valence-electron chi connectivity index (χ4n) is 7.81. The number of hydrogen-bond acceptors (Lipinski definition) is 7. The van der Waals surface area contributed by atoms with Crippen LogP contribution in [0.4, 0.5) is 0 Å². The van der Waals surface area contributed by atoms with Gasteiger partial charge in [-0.25, -0.2) is 4.57 Å². The van der Waals surface area contributed by atoms with E-state index >= 15 is 0 Å². The normalized spacial score (nSPS) is 13.6. The molecule has 0 spiro atoms. The van der Waals surface area contributed by atoms with Crippen LogP contribution in [-0.4, -0.2) is 49.9 Å². The Balaban J connectivity index is 3.90. The highest BCUT2D eigenvalue weighted by atomic mass is 31.2. The van der Waals surface area contributed by atoms with Gasteiger partial charge >= 0.3 is 13.8 Å². The second-order valence-electron chi connectivity index (χ2n) is 18.1. The van der Waals surface area contributed by atoms with E-state index in [2.05, 4.69) is 62.5 Å². The molecular formula is C55H104NO7P. The summed E-state index contributed by atoms with van der Waals surface area (Å²) in [5, 5.41) is 0. The summed E-state index contributed by atoms with van der Waals surface area (Å²) in [6, 6.07) is 0. The average molecular weight is 922 g/mol. The third-order valence-electron chi connectivity index (χ3n) is 11.8. The van der Waals surface area contributed by atoms with Crippen molar-refractivity contribution in [3.8, 4) is 0 Å². The summed E-state index contributed by atoms with van der Waals surface area (Å²) < 4.78 is 33.6. The molecule has 0 fully saturated rings. The number of phosphoric ester groups is 1. The van der Waals surface area contributed by atoms with Gasteiger partial charge in [0.05, 0.1) is 19.8 Å². The molecule has 9 heteroatoms. The minimum Gasteiger partial charge on any atom is -0.457 e. The number of carbonyl (C=O) groups is 1. The van der Waals surface area contributed by atoms with Crippen LogP contribution in [0.2, 0.25) is 0 Å². The van der Waals surface area contributed by atoms with Gasteiger partial charge in [-0.1, -0.05) is 249 Å². The van der Waals surface area contributed by atoms with Crippen LogP contribution in [0.3, 0.4) is 0 Å². The zero-order valence-corrected chi connectivity index (χ0v) is 42.9. The summed E-state index contributed by atoms with van der Waals surface area (Å²) in [6.45, 7) is 4.85. The summed E-state index contributed by atoms with van der Waals surface area (Å²) in [5.41, 5.74) is 5.40. The van der Waals surface area contributed by atoms with Crippen molar-refractivity contribution in [2.24, 2.45) is 5.73 Å². The predicted molar refractivity (Wildman–Crippen MR) is 275 cm³/mol. The molecule has 0 bridgehead atoms. The number of allylic oxidation sites excluding steroid dienone is 8. The van der Waals surface area contributed by atoms with Crippen LogP contribution in [0.15, 0.2) is 48.6 Å². The lowest BCUT2D eigenvalue weighted by molar-refractivity contribution is -0.154. The topological polar surface area (TPSA) is 117 Å². The van der Waals surface area contributed by atoms with Gasteiger partial charge in [-0.15, -0.1) is 0 Å². The number of hydrogen-bond donors (Lipinski definition) is 2. The number of ether oxygens (including phenoxy) is 2. The van der Waals surface area contributed by atoms with Crippen LogP contribution in [0.1, 0.15) is 258 Å². The smallest absolute Gasteiger partial charge is 0.457 e. The Morgan fingerprint density at radius 3 is 1.31 bits per heavy atom. The Labute approximate surface area is 396 Å². The maximum absolute atomic E-state index is 12.7. The Kier molecular flexibility index (Phi) is 51.2. The Bertz CT molecular complexity index is 1130. The summed E-state index contributed by atoms with van der Waals surface area (Å²) in [5.74, 6) is -0.335. The molecule has 2 atom stereocenters. The van der Waals surface area contributed by atoms with Gasteiger partial charge in [0.2, 0.25) is 0 Å². The first-order chi connectivity index (χ1) is 31.4. The molecule has 0 aromatic heterocycles. The second kappa shape index (κ2) is 52.4. The molecule has 0 rings (SSSR count). The second-order valence-corrected chi connectivity index (χ2v) is 19.5. The van der Waals surface area contributed by atoms with E-state index in [1.165, 1.54) is 173 Å². The maximum Gasteiger partial charge on any atom is 0.472 e. The van der Waals surface area contributed by atoms with Gasteiger partial charge in [-0.3, -0.25) is 13.8 Å². The van der Waals surface area contributed by atoms with Crippen LogP contribution < -0.4 is 5.73 Å². The van der Waals surface area contributed by atoms with Gasteiger partial charge in [-0.05, 0) is 51.4 Å². The van der Waals surface area contributed by atoms with E-state index in [9.17, 15) is 14.3 Å². The highest BCUT2D eigenvalue weighted by molar-refractivity contribution is 7.47. The number of phosphoric acid groups is 1. The summed E-state index contributed by atoms with van der Waals surface area (Å²) in [6.07, 6.45) is 64.4. The van der Waals surface area contributed by atoms with E-state index in [1.807, 2.05) is 0 Å². The first-order valence-corrected chi connectivity index (χ1v) is 28.6. The highest BCUT2D eigenvalue weighted by Crippen LogP contribution is 2.43. The van der Waals surface area contributed by atoms with Gasteiger partial charge in [0, 0.05) is 19.6 Å². The SMILES string of the molecule is CC/C=C\C/C=C\C/C=C\C/C=C\CCCCCCCCCCC(=O)OC(COCCCCCCCCCCCCCCCCCCCCCCCCCC)COP(=O)(O)OCCN. The largest absolute Gasteiger partial charge is 0.472 e. The molecular weight excluding hydrogens is 818 g/mol. The lowest BCUT2D eigenvalue weighted by Crippen LogP contribution is -2.28. The molecule has 376 valence electrons. The van der Waals surface area contributed by atoms with Crippen molar-refractivity contribution in [1.82, 2.24) is 0 Å². The van der Waals surface area contributed by atoms with E-state index in [0.29, 0.717) is 13.0 Å². The van der Waals surface area contributed by atoms with Crippen LogP contribution >= 0.6 is 7.82 Å². The third-order valence-corrected chi connectivity index (χ3v) is 12.7. The van der Waals surface area contributed by atoms with E-state index in [4.69, 9.17) is 24.3 Å². The molecule has 3 N–H and O–H groups in total. The Hall–Kier alpha value is -1.54. The maximum atomic E-state index is 12.7. The van der Waals surface area contributed by atoms with Crippen LogP contribution in [-0.2, 0) is 27.9 Å². The van der Waals surface area contributed by atoms with Crippen molar-refractivity contribution in [2.75, 3.05) is 33.0 Å². The van der Waals surface area contributed by atoms with Gasteiger partial charge in [-0.2, -0.15) is 0 Å². The Morgan fingerprint density at radius 2 is 0.875 bits per heavy atom. The quantitative estimate of drug-likeness (QED) is 0.0268. The monoisotopic (exact) mass is 922 g/mol. The number of rotatable bonds is 52. The van der Waals surface area contributed by atoms with E-state index < -0.39 is 13.9 Å². The molecule has 8 nitrogen and oxygen atoms in total. The number of carbonyl (C=O) groups excluding carboxylic acids is 1. The average Bonchev–Trinajstić information content (AvgIpc) is 3.29. The van der Waals surface area contributed by atoms with Crippen molar-refractivity contribution in [2.45, 2.75) is 264 Å². The van der Waals surface area contributed by atoms with Crippen molar-refractivity contribution >= 4 is 13.8 Å². The van der Waals surface area contributed by atoms with Crippen molar-refractivity contribution in [3.05, 3.63) is 48.6 Å². The van der Waals surface area contributed by atoms with Crippen LogP contribution in [0.25, 0.3) is 0 Å². The molecule has 0 heterocycles. The van der Waals surface area contributed by atoms with Gasteiger partial charge in [0.1, 0.15) is 6.10 Å². The number of unbranched alkanes of at least 4 members (excludes halogenated alkanes) is 31. The molecule has 0 aromatic rings. The van der Waals surface area contributed by atoms with Crippen LogP contribution in [0.5, 0.6) is 0 Å². The highest BCUT2D eigenvalue weighted by Gasteiger charge is 2.25. The molecule has 0 amide bonds. The summed E-state index contributed by atoms with van der Waals surface area (Å²) in [7, 11) is -4.29. The van der Waals surface area contributed by atoms with Crippen LogP contribution in [0, 0.1) is 0 Å². The van der Waals surface area contributed by atoms with Gasteiger partial charge < -0.3 is 20.1 Å². The molecule has 0 saturated heterocycles. The lowest BCUT2D eigenvalue weighted by atomic mass is 10.0. The molecule has 0 aromatic carbocycles. The van der Waals surface area contributed by atoms with Crippen molar-refractivity contribution < 1.29 is 32.8 Å². The molecule has 2 unspecified atom stereocenters. The standard InChI is InChI=1S/C55H104NO7P/c1-3-5-7-9-11-13-15-17-19-21-23-25-26-27-29-31-33-35-37-39-41-43-45-47-50-60-52-54(53-62-64(58,59)61-51-49-56)63-55(57)48-46-44-42-40-38-36-34-32-30-28-24-22-20-18-16-14-12-10-8-6-4-2/h6,8,12,14,18,20,24,28,54H,3-5,7,9-11,13,15-17,19,21-23,25-27,29-53,56H2,1-2H3,(H,58,59)/b8-6-,14-12-,20-18-,28-24-. The first kappa shape index (κ1) is 62.5. The van der Waals surface area contributed by atoms with Gasteiger partial charge in [0.25, 0.3) is 0 Å². The van der Waals surface area contributed by atoms with Crippen molar-refractivity contribution in [1.29, 1.82) is 0 Å². The zero-order chi connectivity index (χ0) is 46.5. The minimum absolute atomic E-state index is 0.0969. The van der Waals surface area contributed by atoms with Crippen molar-refractivity contribution in [3.63, 3.8) is 0 Å². The number of nitrogens with two attached hydrogens (primary N) is 1. The fraction of sp³-hybridized carbons (Fsp3) is 0.836. The predicted octanol–water partition coefficient (Wildman–Crippen LogP) is 17.1. The molecule has 0 aliphatic carbocycles. The Morgan fingerprint density at radius 1 is 0.484 bits per heavy atom.